The van der Waals surface area contributed by atoms with Crippen molar-refractivity contribution in [1.29, 1.82) is 0 Å². The van der Waals surface area contributed by atoms with Gasteiger partial charge >= 0.3 is 5.97 Å². The minimum absolute atomic E-state index is 0.366. The third kappa shape index (κ3) is 5.14. The number of hydrogen-bond acceptors (Lipinski definition) is 5. The Bertz CT molecular complexity index is 764. The van der Waals surface area contributed by atoms with Gasteiger partial charge in [0.2, 0.25) is 0 Å². The molecule has 0 saturated heterocycles. The molecule has 2 aromatic carbocycles. The van der Waals surface area contributed by atoms with Gasteiger partial charge in [0.05, 0.1) is 14.2 Å². The number of ether oxygens (including phenoxy) is 4. The number of carbonyl (C=O) groups excluding carboxylic acids is 1. The summed E-state index contributed by atoms with van der Waals surface area (Å²) in [5, 5.41) is 0. The molecule has 5 heteroatoms. The van der Waals surface area contributed by atoms with E-state index in [4.69, 9.17) is 18.9 Å². The summed E-state index contributed by atoms with van der Waals surface area (Å²) in [4.78, 5) is 12.0. The molecule has 2 rings (SSSR count). The van der Waals surface area contributed by atoms with Crippen molar-refractivity contribution in [2.24, 2.45) is 0 Å². The lowest BCUT2D eigenvalue weighted by Gasteiger charge is -2.09. The minimum atomic E-state index is -0.504. The average molecular weight is 340 g/mol. The zero-order valence-corrected chi connectivity index (χ0v) is 14.2. The number of esters is 1. The predicted octanol–water partition coefficient (Wildman–Crippen LogP) is 3.89. The van der Waals surface area contributed by atoms with Gasteiger partial charge in [0.15, 0.2) is 23.0 Å². The van der Waals surface area contributed by atoms with Gasteiger partial charge < -0.3 is 18.9 Å². The van der Waals surface area contributed by atoms with Crippen molar-refractivity contribution in [1.82, 2.24) is 0 Å². The van der Waals surface area contributed by atoms with Crippen LogP contribution in [0.4, 0.5) is 0 Å². The Kier molecular flexibility index (Phi) is 6.65. The van der Waals surface area contributed by atoms with Gasteiger partial charge in [-0.1, -0.05) is 30.9 Å². The van der Waals surface area contributed by atoms with E-state index in [0.717, 1.165) is 5.56 Å². The highest BCUT2D eigenvalue weighted by atomic mass is 16.6. The molecule has 0 aliphatic heterocycles. The maximum atomic E-state index is 12.0. The number of benzene rings is 2. The summed E-state index contributed by atoms with van der Waals surface area (Å²) >= 11 is 0. The molecule has 25 heavy (non-hydrogen) atoms. The first-order chi connectivity index (χ1) is 12.2. The second-order valence-corrected chi connectivity index (χ2v) is 4.92. The summed E-state index contributed by atoms with van der Waals surface area (Å²) in [6, 6.07) is 12.3. The highest BCUT2D eigenvalue weighted by Crippen LogP contribution is 2.29. The van der Waals surface area contributed by atoms with Gasteiger partial charge in [-0.3, -0.25) is 0 Å². The van der Waals surface area contributed by atoms with Crippen LogP contribution in [0.15, 0.2) is 61.2 Å². The van der Waals surface area contributed by atoms with Crippen molar-refractivity contribution in [3.8, 4) is 23.0 Å². The topological polar surface area (TPSA) is 54.0 Å². The van der Waals surface area contributed by atoms with E-state index in [9.17, 15) is 4.79 Å². The van der Waals surface area contributed by atoms with Gasteiger partial charge in [0.1, 0.15) is 6.61 Å². The van der Waals surface area contributed by atoms with Crippen LogP contribution < -0.4 is 18.9 Å². The maximum absolute atomic E-state index is 12.0. The van der Waals surface area contributed by atoms with Crippen LogP contribution in [0.2, 0.25) is 0 Å². The standard InChI is InChI=1S/C20H20O5/c1-4-13-24-17-11-9-15(14-19(17)23-3)10-12-20(21)25-18-8-6-5-7-16(18)22-2/h4-12,14H,1,13H2,2-3H3/b12-10+. The summed E-state index contributed by atoms with van der Waals surface area (Å²) in [6.07, 6.45) is 4.63. The van der Waals surface area contributed by atoms with Crippen molar-refractivity contribution < 1.29 is 23.7 Å². The van der Waals surface area contributed by atoms with Crippen LogP contribution in [0.3, 0.4) is 0 Å². The maximum Gasteiger partial charge on any atom is 0.336 e. The van der Waals surface area contributed by atoms with E-state index in [0.29, 0.717) is 29.6 Å². The van der Waals surface area contributed by atoms with Crippen LogP contribution in [-0.2, 0) is 4.79 Å². The summed E-state index contributed by atoms with van der Waals surface area (Å²) in [6.45, 7) is 3.99. The smallest absolute Gasteiger partial charge is 0.336 e. The first-order valence-electron chi connectivity index (χ1n) is 7.62. The van der Waals surface area contributed by atoms with E-state index in [-0.39, 0.29) is 0 Å². The molecule has 0 atom stereocenters. The molecule has 0 N–H and O–H groups in total. The van der Waals surface area contributed by atoms with E-state index < -0.39 is 5.97 Å². The Labute approximate surface area is 147 Å². The van der Waals surface area contributed by atoms with E-state index >= 15 is 0 Å². The van der Waals surface area contributed by atoms with Crippen molar-refractivity contribution >= 4 is 12.0 Å². The molecular weight excluding hydrogens is 320 g/mol. The van der Waals surface area contributed by atoms with Gasteiger partial charge in [0.25, 0.3) is 0 Å². The molecule has 5 nitrogen and oxygen atoms in total. The summed E-state index contributed by atoms with van der Waals surface area (Å²) < 4.78 is 21.2. The lowest BCUT2D eigenvalue weighted by molar-refractivity contribution is -0.129. The van der Waals surface area contributed by atoms with E-state index in [2.05, 4.69) is 6.58 Å². The first kappa shape index (κ1) is 18.1. The van der Waals surface area contributed by atoms with Crippen LogP contribution in [-0.4, -0.2) is 26.8 Å². The molecular formula is C20H20O5. The second-order valence-electron chi connectivity index (χ2n) is 4.92. The molecule has 0 unspecified atom stereocenters. The molecule has 0 heterocycles. The van der Waals surface area contributed by atoms with Gasteiger partial charge in [-0.25, -0.2) is 4.79 Å². The Morgan fingerprint density at radius 2 is 1.72 bits per heavy atom. The molecule has 0 aromatic heterocycles. The fourth-order valence-electron chi connectivity index (χ4n) is 2.07. The van der Waals surface area contributed by atoms with Crippen LogP contribution in [0, 0.1) is 0 Å². The van der Waals surface area contributed by atoms with Crippen molar-refractivity contribution in [3.63, 3.8) is 0 Å². The highest BCUT2D eigenvalue weighted by Gasteiger charge is 2.07. The molecule has 0 saturated carbocycles. The normalized spacial score (nSPS) is 10.3. The SMILES string of the molecule is C=CCOc1ccc(/C=C/C(=O)Oc2ccccc2OC)cc1OC. The largest absolute Gasteiger partial charge is 0.493 e. The molecule has 0 bridgehead atoms. The van der Waals surface area contributed by atoms with Crippen LogP contribution in [0.1, 0.15) is 5.56 Å². The fraction of sp³-hybridized carbons (Fsp3) is 0.150. The minimum Gasteiger partial charge on any atom is -0.493 e. The van der Waals surface area contributed by atoms with Crippen LogP contribution in [0.25, 0.3) is 6.08 Å². The van der Waals surface area contributed by atoms with Gasteiger partial charge in [-0.2, -0.15) is 0 Å². The molecule has 130 valence electrons. The number of carbonyl (C=O) groups is 1. The van der Waals surface area contributed by atoms with Gasteiger partial charge in [-0.15, -0.1) is 0 Å². The lowest BCUT2D eigenvalue weighted by atomic mass is 10.2. The van der Waals surface area contributed by atoms with Crippen LogP contribution >= 0.6 is 0 Å². The number of hydrogen-bond donors (Lipinski definition) is 0. The predicted molar refractivity (Wildman–Crippen MR) is 96.3 cm³/mol. The summed E-state index contributed by atoms with van der Waals surface area (Å²) in [5.74, 6) is 1.54. The van der Waals surface area contributed by atoms with E-state index in [1.54, 1.807) is 55.7 Å². The third-order valence-electron chi connectivity index (χ3n) is 3.24. The highest BCUT2D eigenvalue weighted by molar-refractivity contribution is 5.89. The van der Waals surface area contributed by atoms with Crippen molar-refractivity contribution in [2.75, 3.05) is 20.8 Å². The van der Waals surface area contributed by atoms with E-state index in [1.165, 1.54) is 13.2 Å². The Morgan fingerprint density at radius 3 is 2.40 bits per heavy atom. The Hall–Kier alpha value is -3.21. The zero-order valence-electron chi connectivity index (χ0n) is 14.2. The zero-order chi connectivity index (χ0) is 18.1. The van der Waals surface area contributed by atoms with E-state index in [1.807, 2.05) is 6.07 Å². The molecule has 0 fully saturated rings. The molecule has 0 spiro atoms. The molecule has 0 amide bonds. The second kappa shape index (κ2) is 9.17. The fourth-order valence-corrected chi connectivity index (χ4v) is 2.07. The monoisotopic (exact) mass is 340 g/mol. The van der Waals surface area contributed by atoms with Crippen molar-refractivity contribution in [2.45, 2.75) is 0 Å². The van der Waals surface area contributed by atoms with Gasteiger partial charge in [-0.05, 0) is 35.9 Å². The number of methoxy groups -OCH3 is 2. The molecule has 0 aliphatic rings. The summed E-state index contributed by atoms with van der Waals surface area (Å²) in [7, 11) is 3.07. The molecule has 2 aromatic rings. The van der Waals surface area contributed by atoms with Crippen molar-refractivity contribution in [3.05, 3.63) is 66.8 Å². The summed E-state index contributed by atoms with van der Waals surface area (Å²) in [5.41, 5.74) is 0.778. The molecule has 0 aliphatic carbocycles. The Morgan fingerprint density at radius 1 is 1.00 bits per heavy atom. The quantitative estimate of drug-likeness (QED) is 0.316. The first-order valence-corrected chi connectivity index (χ1v) is 7.62. The number of rotatable bonds is 8. The van der Waals surface area contributed by atoms with Crippen LogP contribution in [0.5, 0.6) is 23.0 Å². The average Bonchev–Trinajstić information content (AvgIpc) is 2.65. The Balaban J connectivity index is 2.07. The molecule has 0 radical (unpaired) electrons. The lowest BCUT2D eigenvalue weighted by Crippen LogP contribution is -2.04. The number of para-hydroxylation sites is 2. The van der Waals surface area contributed by atoms with Gasteiger partial charge in [0, 0.05) is 6.08 Å². The third-order valence-corrected chi connectivity index (χ3v) is 3.24.